The van der Waals surface area contributed by atoms with E-state index < -0.39 is 0 Å². The van der Waals surface area contributed by atoms with Crippen molar-refractivity contribution in [2.75, 3.05) is 0 Å². The highest BCUT2D eigenvalue weighted by Gasteiger charge is 2.10. The Bertz CT molecular complexity index is 1140. The summed E-state index contributed by atoms with van der Waals surface area (Å²) < 4.78 is 15.7. The number of aromatic nitrogens is 2. The third-order valence-corrected chi connectivity index (χ3v) is 5.19. The Morgan fingerprint density at radius 2 is 1.79 bits per heavy atom. The lowest BCUT2D eigenvalue weighted by atomic mass is 10.1. The van der Waals surface area contributed by atoms with E-state index in [1.54, 1.807) is 0 Å². The number of hydrogen-bond acceptors (Lipinski definition) is 2. The Balaban J connectivity index is 1.40. The van der Waals surface area contributed by atoms with E-state index in [9.17, 15) is 9.18 Å². The number of para-hydroxylation sites is 2. The van der Waals surface area contributed by atoms with E-state index in [0.717, 1.165) is 28.7 Å². The zero-order valence-corrected chi connectivity index (χ0v) is 16.5. The molecule has 28 heavy (non-hydrogen) atoms. The summed E-state index contributed by atoms with van der Waals surface area (Å²) >= 11 is 3.22. The fraction of sp³-hybridized carbons (Fsp3) is 0.0909. The first-order valence-corrected chi connectivity index (χ1v) is 9.60. The second kappa shape index (κ2) is 7.94. The molecule has 1 N–H and O–H groups in total. The van der Waals surface area contributed by atoms with E-state index in [1.807, 2.05) is 48.8 Å². The number of nitrogens with one attached hydrogen (secondary N) is 1. The second-order valence-electron chi connectivity index (χ2n) is 6.48. The van der Waals surface area contributed by atoms with Crippen molar-refractivity contribution in [2.24, 2.45) is 0 Å². The lowest BCUT2D eigenvalue weighted by Gasteiger charge is -2.09. The number of amides is 1. The summed E-state index contributed by atoms with van der Waals surface area (Å²) in [6, 6.07) is 20.1. The molecule has 0 radical (unpaired) electrons. The molecule has 0 aliphatic heterocycles. The summed E-state index contributed by atoms with van der Waals surface area (Å²) in [7, 11) is 0. The molecule has 0 bridgehead atoms. The van der Waals surface area contributed by atoms with Gasteiger partial charge in [-0.05, 0) is 57.4 Å². The van der Waals surface area contributed by atoms with E-state index in [0.29, 0.717) is 16.6 Å². The number of carbonyl (C=O) groups is 1. The van der Waals surface area contributed by atoms with Crippen molar-refractivity contribution in [3.05, 3.63) is 100 Å². The van der Waals surface area contributed by atoms with E-state index in [1.165, 1.54) is 18.2 Å². The highest BCUT2D eigenvalue weighted by molar-refractivity contribution is 9.10. The Labute approximate surface area is 170 Å². The topological polar surface area (TPSA) is 46.9 Å². The van der Waals surface area contributed by atoms with Gasteiger partial charge in [-0.15, -0.1) is 0 Å². The van der Waals surface area contributed by atoms with Crippen LogP contribution in [-0.4, -0.2) is 15.5 Å². The highest BCUT2D eigenvalue weighted by Crippen LogP contribution is 2.18. The third-order valence-electron chi connectivity index (χ3n) is 4.53. The minimum absolute atomic E-state index is 0.249. The van der Waals surface area contributed by atoms with Gasteiger partial charge in [0.1, 0.15) is 5.82 Å². The molecule has 6 heteroatoms. The van der Waals surface area contributed by atoms with Crippen molar-refractivity contribution in [3.63, 3.8) is 0 Å². The first-order valence-electron chi connectivity index (χ1n) is 8.81. The van der Waals surface area contributed by atoms with Gasteiger partial charge in [0.05, 0.1) is 22.9 Å². The fourth-order valence-electron chi connectivity index (χ4n) is 3.05. The SMILES string of the molecule is O=C(NCc1ccc(Cn2cnc3ccccc32)cc1)c1ccc(F)cc1Br. The van der Waals surface area contributed by atoms with E-state index >= 15 is 0 Å². The number of benzene rings is 3. The Hall–Kier alpha value is -2.99. The Kier molecular flexibility index (Phi) is 5.21. The van der Waals surface area contributed by atoms with Crippen LogP contribution in [0.2, 0.25) is 0 Å². The largest absolute Gasteiger partial charge is 0.348 e. The van der Waals surface area contributed by atoms with Gasteiger partial charge in [0, 0.05) is 17.6 Å². The quantitative estimate of drug-likeness (QED) is 0.481. The first-order chi connectivity index (χ1) is 13.6. The molecule has 140 valence electrons. The third kappa shape index (κ3) is 3.97. The normalized spacial score (nSPS) is 10.9. The summed E-state index contributed by atoms with van der Waals surface area (Å²) in [6.07, 6.45) is 1.85. The van der Waals surface area contributed by atoms with Crippen molar-refractivity contribution in [1.29, 1.82) is 0 Å². The van der Waals surface area contributed by atoms with Gasteiger partial charge in [-0.3, -0.25) is 4.79 Å². The molecule has 4 aromatic rings. The number of rotatable bonds is 5. The Morgan fingerprint density at radius 3 is 2.57 bits per heavy atom. The molecule has 0 unspecified atom stereocenters. The summed E-state index contributed by atoms with van der Waals surface area (Å²) in [5, 5.41) is 2.86. The van der Waals surface area contributed by atoms with Crippen molar-refractivity contribution < 1.29 is 9.18 Å². The first kappa shape index (κ1) is 18.4. The van der Waals surface area contributed by atoms with Crippen molar-refractivity contribution >= 4 is 32.9 Å². The molecular formula is C22H17BrFN3O. The molecule has 1 heterocycles. The molecule has 1 aromatic heterocycles. The van der Waals surface area contributed by atoms with E-state index in [4.69, 9.17) is 0 Å². The zero-order chi connectivity index (χ0) is 19.5. The molecule has 4 rings (SSSR count). The molecule has 0 aliphatic carbocycles. The number of halogens is 2. The maximum Gasteiger partial charge on any atom is 0.252 e. The second-order valence-corrected chi connectivity index (χ2v) is 7.34. The van der Waals surface area contributed by atoms with Crippen molar-refractivity contribution in [3.8, 4) is 0 Å². The van der Waals surface area contributed by atoms with Crippen LogP contribution in [0.1, 0.15) is 21.5 Å². The number of fused-ring (bicyclic) bond motifs is 1. The maximum absolute atomic E-state index is 13.2. The lowest BCUT2D eigenvalue weighted by molar-refractivity contribution is 0.0950. The molecule has 0 saturated heterocycles. The van der Waals surface area contributed by atoms with Gasteiger partial charge in [-0.25, -0.2) is 9.37 Å². The average molecular weight is 438 g/mol. The van der Waals surface area contributed by atoms with E-state index in [2.05, 4.69) is 36.9 Å². The predicted octanol–water partition coefficient (Wildman–Crippen LogP) is 4.92. The van der Waals surface area contributed by atoms with E-state index in [-0.39, 0.29) is 11.7 Å². The minimum atomic E-state index is -0.385. The predicted molar refractivity (Wildman–Crippen MR) is 111 cm³/mol. The van der Waals surface area contributed by atoms with Crippen LogP contribution < -0.4 is 5.32 Å². The van der Waals surface area contributed by atoms with Crippen LogP contribution in [0.25, 0.3) is 11.0 Å². The van der Waals surface area contributed by atoms with Crippen LogP contribution in [0.4, 0.5) is 4.39 Å². The molecular weight excluding hydrogens is 421 g/mol. The van der Waals surface area contributed by atoms with Gasteiger partial charge in [-0.1, -0.05) is 36.4 Å². The summed E-state index contributed by atoms with van der Waals surface area (Å²) in [4.78, 5) is 16.7. The summed E-state index contributed by atoms with van der Waals surface area (Å²) in [6.45, 7) is 1.13. The monoisotopic (exact) mass is 437 g/mol. The van der Waals surface area contributed by atoms with Crippen molar-refractivity contribution in [2.45, 2.75) is 13.1 Å². The average Bonchev–Trinajstić information content (AvgIpc) is 3.10. The van der Waals surface area contributed by atoms with Crippen LogP contribution in [-0.2, 0) is 13.1 Å². The number of hydrogen-bond donors (Lipinski definition) is 1. The Morgan fingerprint density at radius 1 is 1.04 bits per heavy atom. The summed E-state index contributed by atoms with van der Waals surface area (Å²) in [5.74, 6) is -0.634. The smallest absolute Gasteiger partial charge is 0.252 e. The minimum Gasteiger partial charge on any atom is -0.348 e. The van der Waals surface area contributed by atoms with Crippen LogP contribution in [0.5, 0.6) is 0 Å². The number of nitrogens with zero attached hydrogens (tertiary/aromatic N) is 2. The maximum atomic E-state index is 13.2. The van der Waals surface area contributed by atoms with Crippen LogP contribution >= 0.6 is 15.9 Å². The van der Waals surface area contributed by atoms with Gasteiger partial charge >= 0.3 is 0 Å². The molecule has 0 aliphatic rings. The van der Waals surface area contributed by atoms with Gasteiger partial charge in [0.2, 0.25) is 0 Å². The number of carbonyl (C=O) groups excluding carboxylic acids is 1. The lowest BCUT2D eigenvalue weighted by Crippen LogP contribution is -2.23. The molecule has 3 aromatic carbocycles. The highest BCUT2D eigenvalue weighted by atomic mass is 79.9. The molecule has 4 nitrogen and oxygen atoms in total. The van der Waals surface area contributed by atoms with Gasteiger partial charge in [0.15, 0.2) is 0 Å². The zero-order valence-electron chi connectivity index (χ0n) is 14.9. The molecule has 1 amide bonds. The number of imidazole rings is 1. The molecule has 0 atom stereocenters. The fourth-order valence-corrected chi connectivity index (χ4v) is 3.58. The summed E-state index contributed by atoms with van der Waals surface area (Å²) in [5.41, 5.74) is 4.63. The molecule has 0 fully saturated rings. The van der Waals surface area contributed by atoms with Crippen LogP contribution in [0, 0.1) is 5.82 Å². The van der Waals surface area contributed by atoms with Gasteiger partial charge < -0.3 is 9.88 Å². The molecule has 0 spiro atoms. The van der Waals surface area contributed by atoms with Crippen LogP contribution in [0.15, 0.2) is 77.5 Å². The van der Waals surface area contributed by atoms with Gasteiger partial charge in [0.25, 0.3) is 5.91 Å². The van der Waals surface area contributed by atoms with Crippen LogP contribution in [0.3, 0.4) is 0 Å². The standard InChI is InChI=1S/C22H17BrFN3O/c23-19-11-17(24)9-10-18(19)22(28)25-12-15-5-7-16(8-6-15)13-27-14-26-20-3-1-2-4-21(20)27/h1-11,14H,12-13H2,(H,25,28). The van der Waals surface area contributed by atoms with Gasteiger partial charge in [-0.2, -0.15) is 0 Å². The molecule has 0 saturated carbocycles. The van der Waals surface area contributed by atoms with Crippen molar-refractivity contribution in [1.82, 2.24) is 14.9 Å².